The number of hydrogen-bond donors (Lipinski definition) is 3. The number of allylic oxidation sites excluding steroid dienone is 1. The van der Waals surface area contributed by atoms with E-state index in [1.165, 1.54) is 17.0 Å². The Morgan fingerprint density at radius 2 is 1.74 bits per heavy atom. The highest BCUT2D eigenvalue weighted by molar-refractivity contribution is 7.99. The molecule has 350 valence electrons. The largest absolute Gasteiger partial charge is 0.493 e. The van der Waals surface area contributed by atoms with Crippen LogP contribution in [0.15, 0.2) is 107 Å². The first kappa shape index (κ1) is 48.2. The second-order valence-electron chi connectivity index (χ2n) is 17.1. The fraction of sp³-hybridized carbons (Fsp3) is 0.520. The van der Waals surface area contributed by atoms with Crippen LogP contribution in [0.4, 0.5) is 5.69 Å². The monoisotopic (exact) mass is 913 g/mol. The average molecular weight is 914 g/mol. The third-order valence-electron chi connectivity index (χ3n) is 12.9. The maximum Gasteiger partial charge on any atom is 0.269 e. The van der Waals surface area contributed by atoms with E-state index >= 15 is 0 Å². The molecule has 1 aliphatic heterocycles. The molecule has 3 aromatic carbocycles. The Balaban J connectivity index is 1.35. The summed E-state index contributed by atoms with van der Waals surface area (Å²) in [6.45, 7) is 5.24. The molecule has 7 rings (SSSR count). The summed E-state index contributed by atoms with van der Waals surface area (Å²) in [6.07, 6.45) is 10.2. The van der Waals surface area contributed by atoms with E-state index in [2.05, 4.69) is 30.9 Å². The lowest BCUT2D eigenvalue weighted by molar-refractivity contribution is -0.384. The van der Waals surface area contributed by atoms with Gasteiger partial charge in [-0.05, 0) is 104 Å². The van der Waals surface area contributed by atoms with Crippen LogP contribution >= 0.6 is 11.8 Å². The van der Waals surface area contributed by atoms with Gasteiger partial charge in [-0.1, -0.05) is 48.3 Å². The number of nitrogens with zero attached hydrogens (tertiary/aromatic N) is 3. The number of aliphatic hydroxyl groups is 3. The van der Waals surface area contributed by atoms with Crippen LogP contribution in [0.2, 0.25) is 0 Å². The van der Waals surface area contributed by atoms with Crippen LogP contribution in [0.25, 0.3) is 0 Å². The van der Waals surface area contributed by atoms with E-state index in [0.29, 0.717) is 42.2 Å². The first-order chi connectivity index (χ1) is 31.8. The van der Waals surface area contributed by atoms with E-state index in [1.54, 1.807) is 30.0 Å². The van der Waals surface area contributed by atoms with Crippen molar-refractivity contribution < 1.29 is 48.8 Å². The number of carbonyl (C=O) groups is 1. The number of fused-ring (bicyclic) bond motifs is 2. The van der Waals surface area contributed by atoms with Crippen molar-refractivity contribution in [2.45, 2.75) is 87.0 Å². The molecule has 1 heterocycles. The predicted molar refractivity (Wildman–Crippen MR) is 248 cm³/mol. The number of unbranched alkanes of at least 4 members (excludes halogenated alkanes) is 2. The second-order valence-corrected chi connectivity index (χ2v) is 18.3. The van der Waals surface area contributed by atoms with E-state index in [-0.39, 0.29) is 94.5 Å². The summed E-state index contributed by atoms with van der Waals surface area (Å²) in [5.74, 6) is -0.150. The zero-order valence-corrected chi connectivity index (χ0v) is 37.9. The highest BCUT2D eigenvalue weighted by Crippen LogP contribution is 2.62. The van der Waals surface area contributed by atoms with Crippen molar-refractivity contribution >= 4 is 29.1 Å². The Morgan fingerprint density at radius 1 is 0.969 bits per heavy atom. The lowest BCUT2D eigenvalue weighted by atomic mass is 9.55. The smallest absolute Gasteiger partial charge is 0.269 e. The third kappa shape index (κ3) is 11.8. The van der Waals surface area contributed by atoms with E-state index in [9.17, 15) is 30.2 Å². The van der Waals surface area contributed by atoms with Gasteiger partial charge in [-0.25, -0.2) is 0 Å². The molecule has 3 aromatic rings. The van der Waals surface area contributed by atoms with Gasteiger partial charge in [-0.2, -0.15) is 0 Å². The molecule has 0 bridgehead atoms. The first-order valence-corrected chi connectivity index (χ1v) is 24.0. The Hall–Kier alpha value is -4.77. The number of carbonyl (C=O) groups excluding carboxylic acids is 1. The number of non-ortho nitro benzene ring substituents is 1. The standard InChI is InChI=1S/C50H63N3O11S/c1-2-26-62-50-46(52(22-27-60-28-25-56)49(57)36-16-17-36)33-44(51-63-34-35-14-18-38(19-15-35)53(58)59)42-31-37(10-6-8-23-54)41(13-7-9-24-55)47(48(42)50)43-32-39(20-21-45(43)64-50)61-29-30-65-40-11-4-3-5-12-40/h2-5,11-12,14-15,18-21,31-32,36-37,41,46-48,54-56H,1,6-10,13,16-17,22-30,33-34H2/t37-,41+,46-,47+,48+,50+/m0/s1. The molecular formula is C50H63N3O11S. The molecule has 0 aromatic heterocycles. The number of ether oxygens (including phenoxy) is 4. The van der Waals surface area contributed by atoms with Crippen LogP contribution in [-0.4, -0.2) is 107 Å². The molecule has 2 saturated carbocycles. The molecule has 14 nitrogen and oxygen atoms in total. The molecular weight excluding hydrogens is 851 g/mol. The van der Waals surface area contributed by atoms with Crippen molar-refractivity contribution in [3.8, 4) is 11.5 Å². The summed E-state index contributed by atoms with van der Waals surface area (Å²) in [4.78, 5) is 34.7. The Labute approximate surface area is 385 Å². The number of amides is 1. The molecule has 4 aliphatic rings. The lowest BCUT2D eigenvalue weighted by Gasteiger charge is -2.60. The minimum atomic E-state index is -1.42. The van der Waals surface area contributed by atoms with Gasteiger partial charge in [0.1, 0.15) is 24.1 Å². The van der Waals surface area contributed by atoms with Crippen molar-refractivity contribution in [1.29, 1.82) is 0 Å². The number of aliphatic hydroxyl groups excluding tert-OH is 3. The molecule has 15 heteroatoms. The van der Waals surface area contributed by atoms with E-state index < -0.39 is 22.7 Å². The SMILES string of the molecule is C=CCO[C@@]12Oc3ccc(OCCSc4ccccc4)cc3[C@H]3[C@H](CCCCO)[C@@H](CCCCO)C=C(C(=NOCc4ccc([N+](=O)[O-])cc4)C[C@@H]1N(CCOCCO)C(=O)C1CC1)[C@H]32. The summed E-state index contributed by atoms with van der Waals surface area (Å²) >= 11 is 1.73. The molecule has 0 saturated heterocycles. The number of oxime groups is 1. The van der Waals surface area contributed by atoms with Crippen LogP contribution in [-0.2, 0) is 25.7 Å². The highest BCUT2D eigenvalue weighted by Gasteiger charge is 2.66. The normalized spacial score (nSPS) is 23.7. The minimum absolute atomic E-state index is 0.0224. The molecule has 2 fully saturated rings. The first-order valence-electron chi connectivity index (χ1n) is 23.0. The molecule has 3 N–H and O–H groups in total. The summed E-state index contributed by atoms with van der Waals surface area (Å²) in [6, 6.07) is 21.7. The van der Waals surface area contributed by atoms with Gasteiger partial charge in [0.05, 0.1) is 49.6 Å². The van der Waals surface area contributed by atoms with Crippen molar-refractivity contribution in [2.75, 3.05) is 58.5 Å². The van der Waals surface area contributed by atoms with Crippen LogP contribution < -0.4 is 9.47 Å². The summed E-state index contributed by atoms with van der Waals surface area (Å²) < 4.78 is 26.7. The van der Waals surface area contributed by atoms with Gasteiger partial charge >= 0.3 is 0 Å². The van der Waals surface area contributed by atoms with Crippen LogP contribution in [0, 0.1) is 33.8 Å². The summed E-state index contributed by atoms with van der Waals surface area (Å²) in [5.41, 5.74) is 3.19. The average Bonchev–Trinajstić information content (AvgIpc) is 4.18. The van der Waals surface area contributed by atoms with E-state index in [0.717, 1.165) is 55.4 Å². The topological polar surface area (TPSA) is 183 Å². The molecule has 0 radical (unpaired) electrons. The third-order valence-corrected chi connectivity index (χ3v) is 13.8. The second kappa shape index (κ2) is 23.6. The highest BCUT2D eigenvalue weighted by atomic mass is 32.2. The number of rotatable bonds is 27. The summed E-state index contributed by atoms with van der Waals surface area (Å²) in [7, 11) is 0. The van der Waals surface area contributed by atoms with Crippen LogP contribution in [0.5, 0.6) is 11.5 Å². The number of thioether (sulfide) groups is 1. The predicted octanol–water partition coefficient (Wildman–Crippen LogP) is 7.85. The maximum atomic E-state index is 14.6. The van der Waals surface area contributed by atoms with Gasteiger partial charge < -0.3 is 44.0 Å². The Bertz CT molecular complexity index is 2100. The lowest BCUT2D eigenvalue weighted by Crippen LogP contribution is -2.70. The summed E-state index contributed by atoms with van der Waals surface area (Å²) in [5, 5.41) is 45.7. The zero-order valence-electron chi connectivity index (χ0n) is 37.0. The quantitative estimate of drug-likeness (QED) is 0.0222. The Kier molecular flexibility index (Phi) is 17.5. The molecule has 65 heavy (non-hydrogen) atoms. The molecule has 1 amide bonds. The van der Waals surface area contributed by atoms with Crippen molar-refractivity contribution in [1.82, 2.24) is 4.90 Å². The molecule has 0 unspecified atom stereocenters. The fourth-order valence-corrected chi connectivity index (χ4v) is 10.5. The minimum Gasteiger partial charge on any atom is -0.493 e. The van der Waals surface area contributed by atoms with Gasteiger partial charge in [-0.15, -0.1) is 18.3 Å². The maximum absolute atomic E-state index is 14.6. The molecule has 6 atom stereocenters. The Morgan fingerprint density at radius 3 is 2.45 bits per heavy atom. The van der Waals surface area contributed by atoms with E-state index in [4.69, 9.17) is 28.9 Å². The zero-order chi connectivity index (χ0) is 45.6. The van der Waals surface area contributed by atoms with Gasteiger partial charge in [-0.3, -0.25) is 14.9 Å². The van der Waals surface area contributed by atoms with Crippen LogP contribution in [0.1, 0.15) is 74.8 Å². The number of nitro groups is 1. The van der Waals surface area contributed by atoms with Crippen molar-refractivity contribution in [2.24, 2.45) is 28.8 Å². The van der Waals surface area contributed by atoms with Crippen LogP contribution in [0.3, 0.4) is 0 Å². The van der Waals surface area contributed by atoms with Crippen molar-refractivity contribution in [3.05, 3.63) is 118 Å². The van der Waals surface area contributed by atoms with Gasteiger partial charge in [0, 0.05) is 66.4 Å². The molecule has 0 spiro atoms. The van der Waals surface area contributed by atoms with Gasteiger partial charge in [0.15, 0.2) is 0 Å². The van der Waals surface area contributed by atoms with E-state index in [1.807, 2.05) is 35.2 Å². The fourth-order valence-electron chi connectivity index (χ4n) is 9.79. The van der Waals surface area contributed by atoms with Gasteiger partial charge in [0.2, 0.25) is 11.7 Å². The molecule has 3 aliphatic carbocycles. The number of hydrogen-bond acceptors (Lipinski definition) is 13. The van der Waals surface area contributed by atoms with Gasteiger partial charge in [0.25, 0.3) is 5.69 Å². The number of benzene rings is 3. The number of nitro benzene ring substituents is 1. The van der Waals surface area contributed by atoms with Crippen molar-refractivity contribution in [3.63, 3.8) is 0 Å².